The lowest BCUT2D eigenvalue weighted by atomic mass is 10.2. The fraction of sp³-hybridized carbons (Fsp3) is 0.143. The minimum Gasteiger partial charge on any atom is -0.397 e. The average molecular weight is 305 g/mol. The van der Waals surface area contributed by atoms with Crippen molar-refractivity contribution in [3.8, 4) is 0 Å². The van der Waals surface area contributed by atoms with E-state index >= 15 is 0 Å². The first kappa shape index (κ1) is 15.0. The molecule has 1 aromatic carbocycles. The summed E-state index contributed by atoms with van der Waals surface area (Å²) in [5.41, 5.74) is 7.36. The molecule has 3 N–H and O–H groups in total. The van der Waals surface area contributed by atoms with Crippen LogP contribution in [0, 0.1) is 6.92 Å². The summed E-state index contributed by atoms with van der Waals surface area (Å²) in [6.07, 6.45) is 2.50. The number of nitrogens with zero attached hydrogens (tertiary/aromatic N) is 1. The highest BCUT2D eigenvalue weighted by molar-refractivity contribution is 7.90. The van der Waals surface area contributed by atoms with Crippen LogP contribution in [-0.2, 0) is 9.84 Å². The summed E-state index contributed by atoms with van der Waals surface area (Å²) in [7, 11) is -3.33. The van der Waals surface area contributed by atoms with Gasteiger partial charge in [-0.25, -0.2) is 13.4 Å². The van der Waals surface area contributed by atoms with Gasteiger partial charge in [0.1, 0.15) is 5.69 Å². The van der Waals surface area contributed by atoms with E-state index in [1.165, 1.54) is 24.4 Å². The number of anilines is 2. The summed E-state index contributed by atoms with van der Waals surface area (Å²) in [4.78, 5) is 16.1. The molecule has 1 amide bonds. The molecule has 110 valence electrons. The minimum atomic E-state index is -3.33. The molecule has 0 saturated carbocycles. The van der Waals surface area contributed by atoms with Crippen molar-refractivity contribution in [3.05, 3.63) is 47.8 Å². The Hall–Kier alpha value is -2.41. The summed E-state index contributed by atoms with van der Waals surface area (Å²) in [6, 6.07) is 7.65. The van der Waals surface area contributed by atoms with Crippen LogP contribution in [0.5, 0.6) is 0 Å². The van der Waals surface area contributed by atoms with E-state index in [4.69, 9.17) is 5.73 Å². The van der Waals surface area contributed by atoms with Crippen LogP contribution in [0.25, 0.3) is 0 Å². The van der Waals surface area contributed by atoms with Gasteiger partial charge in [0, 0.05) is 11.9 Å². The number of carbonyl (C=O) groups excluding carboxylic acids is 1. The predicted molar refractivity (Wildman–Crippen MR) is 80.9 cm³/mol. The van der Waals surface area contributed by atoms with Crippen molar-refractivity contribution in [2.45, 2.75) is 11.8 Å². The second kappa shape index (κ2) is 5.53. The summed E-state index contributed by atoms with van der Waals surface area (Å²) in [6.45, 7) is 1.78. The van der Waals surface area contributed by atoms with Crippen LogP contribution < -0.4 is 11.1 Å². The standard InChI is InChI=1S/C14H15N3O3S/c1-9-3-5-11(21(2,19)20)7-13(9)17-14(18)12-6-4-10(15)8-16-12/h3-8H,15H2,1-2H3,(H,17,18). The van der Waals surface area contributed by atoms with Crippen molar-refractivity contribution in [1.82, 2.24) is 4.98 Å². The number of rotatable bonds is 3. The van der Waals surface area contributed by atoms with Crippen LogP contribution in [0.3, 0.4) is 0 Å². The molecule has 0 aliphatic rings. The van der Waals surface area contributed by atoms with Gasteiger partial charge < -0.3 is 11.1 Å². The number of hydrogen-bond donors (Lipinski definition) is 2. The van der Waals surface area contributed by atoms with E-state index in [0.29, 0.717) is 11.4 Å². The Balaban J connectivity index is 2.31. The van der Waals surface area contributed by atoms with E-state index in [1.54, 1.807) is 19.1 Å². The Kier molecular flexibility index (Phi) is 3.95. The molecule has 1 aromatic heterocycles. The van der Waals surface area contributed by atoms with Crippen molar-refractivity contribution in [1.29, 1.82) is 0 Å². The smallest absolute Gasteiger partial charge is 0.274 e. The molecule has 0 spiro atoms. The van der Waals surface area contributed by atoms with Crippen molar-refractivity contribution in [3.63, 3.8) is 0 Å². The molecule has 0 radical (unpaired) electrons. The zero-order valence-electron chi connectivity index (χ0n) is 11.6. The molecule has 0 saturated heterocycles. The molecule has 2 aromatic rings. The van der Waals surface area contributed by atoms with Gasteiger partial charge in [0.05, 0.1) is 16.8 Å². The molecule has 21 heavy (non-hydrogen) atoms. The number of benzene rings is 1. The third-order valence-corrected chi connectivity index (χ3v) is 4.01. The highest BCUT2D eigenvalue weighted by Gasteiger charge is 2.13. The highest BCUT2D eigenvalue weighted by atomic mass is 32.2. The van der Waals surface area contributed by atoms with Gasteiger partial charge in [-0.2, -0.15) is 0 Å². The van der Waals surface area contributed by atoms with Crippen LogP contribution in [0.1, 0.15) is 16.1 Å². The molecule has 2 rings (SSSR count). The number of nitrogen functional groups attached to an aromatic ring is 1. The van der Waals surface area contributed by atoms with Crippen molar-refractivity contribution < 1.29 is 13.2 Å². The molecule has 0 atom stereocenters. The minimum absolute atomic E-state index is 0.147. The third-order valence-electron chi connectivity index (χ3n) is 2.90. The molecule has 7 heteroatoms. The fourth-order valence-electron chi connectivity index (χ4n) is 1.69. The van der Waals surface area contributed by atoms with Gasteiger partial charge >= 0.3 is 0 Å². The molecular weight excluding hydrogens is 290 g/mol. The van der Waals surface area contributed by atoms with Crippen molar-refractivity contribution in [2.24, 2.45) is 0 Å². The van der Waals surface area contributed by atoms with Crippen LogP contribution in [0.2, 0.25) is 0 Å². The average Bonchev–Trinajstić information content (AvgIpc) is 2.40. The van der Waals surface area contributed by atoms with E-state index in [9.17, 15) is 13.2 Å². The van der Waals surface area contributed by atoms with Crippen LogP contribution in [0.15, 0.2) is 41.4 Å². The quantitative estimate of drug-likeness (QED) is 0.897. The Morgan fingerprint density at radius 3 is 2.52 bits per heavy atom. The van der Waals surface area contributed by atoms with Gasteiger partial charge in [-0.15, -0.1) is 0 Å². The lowest BCUT2D eigenvalue weighted by Crippen LogP contribution is -2.15. The van der Waals surface area contributed by atoms with Crippen molar-refractivity contribution in [2.75, 3.05) is 17.3 Å². The van der Waals surface area contributed by atoms with Crippen LogP contribution >= 0.6 is 0 Å². The molecule has 1 heterocycles. The van der Waals surface area contributed by atoms with Gasteiger partial charge in [0.25, 0.3) is 5.91 Å². The number of aromatic nitrogens is 1. The Morgan fingerprint density at radius 2 is 1.95 bits per heavy atom. The fourth-order valence-corrected chi connectivity index (χ4v) is 2.34. The molecule has 0 aliphatic carbocycles. The summed E-state index contributed by atoms with van der Waals surface area (Å²) in [5.74, 6) is -0.427. The number of sulfone groups is 1. The highest BCUT2D eigenvalue weighted by Crippen LogP contribution is 2.20. The topological polar surface area (TPSA) is 102 Å². The predicted octanol–water partition coefficient (Wildman–Crippen LogP) is 1.63. The number of aryl methyl sites for hydroxylation is 1. The normalized spacial score (nSPS) is 11.1. The molecule has 6 nitrogen and oxygen atoms in total. The first-order chi connectivity index (χ1) is 9.77. The second-order valence-corrected chi connectivity index (χ2v) is 6.70. The maximum absolute atomic E-state index is 12.1. The Morgan fingerprint density at radius 1 is 1.24 bits per heavy atom. The monoisotopic (exact) mass is 305 g/mol. The molecule has 0 unspecified atom stereocenters. The van der Waals surface area contributed by atoms with E-state index < -0.39 is 15.7 Å². The van der Waals surface area contributed by atoms with Crippen LogP contribution in [0.4, 0.5) is 11.4 Å². The van der Waals surface area contributed by atoms with Gasteiger partial charge in [-0.05, 0) is 36.8 Å². The summed E-state index contributed by atoms with van der Waals surface area (Å²) >= 11 is 0. The number of carbonyl (C=O) groups is 1. The second-order valence-electron chi connectivity index (χ2n) is 4.68. The lowest BCUT2D eigenvalue weighted by Gasteiger charge is -2.10. The zero-order chi connectivity index (χ0) is 15.6. The number of pyridine rings is 1. The van der Waals surface area contributed by atoms with E-state index in [2.05, 4.69) is 10.3 Å². The SMILES string of the molecule is Cc1ccc(S(C)(=O)=O)cc1NC(=O)c1ccc(N)cn1. The largest absolute Gasteiger partial charge is 0.397 e. The maximum Gasteiger partial charge on any atom is 0.274 e. The molecule has 0 bridgehead atoms. The number of amides is 1. The van der Waals surface area contributed by atoms with Gasteiger partial charge in [-0.3, -0.25) is 4.79 Å². The molecule has 0 aliphatic heterocycles. The van der Waals surface area contributed by atoms with Gasteiger partial charge in [0.15, 0.2) is 9.84 Å². The molecule has 0 fully saturated rings. The van der Waals surface area contributed by atoms with Crippen molar-refractivity contribution >= 4 is 27.1 Å². The van der Waals surface area contributed by atoms with E-state index in [1.807, 2.05) is 0 Å². The first-order valence-electron chi connectivity index (χ1n) is 6.11. The number of hydrogen-bond acceptors (Lipinski definition) is 5. The van der Waals surface area contributed by atoms with E-state index in [0.717, 1.165) is 11.8 Å². The third kappa shape index (κ3) is 3.57. The Bertz CT molecular complexity index is 784. The van der Waals surface area contributed by atoms with Gasteiger partial charge in [-0.1, -0.05) is 6.07 Å². The summed E-state index contributed by atoms with van der Waals surface area (Å²) in [5, 5.41) is 2.65. The lowest BCUT2D eigenvalue weighted by molar-refractivity contribution is 0.102. The number of nitrogens with two attached hydrogens (primary N) is 1. The molecular formula is C14H15N3O3S. The van der Waals surface area contributed by atoms with Gasteiger partial charge in [0.2, 0.25) is 0 Å². The zero-order valence-corrected chi connectivity index (χ0v) is 12.4. The number of nitrogens with one attached hydrogen (secondary N) is 1. The Labute approximate surface area is 122 Å². The van der Waals surface area contributed by atoms with Crippen LogP contribution in [-0.4, -0.2) is 25.6 Å². The maximum atomic E-state index is 12.1. The summed E-state index contributed by atoms with van der Waals surface area (Å²) < 4.78 is 23.1. The van der Waals surface area contributed by atoms with E-state index in [-0.39, 0.29) is 10.6 Å². The first-order valence-corrected chi connectivity index (χ1v) is 8.00.